The van der Waals surface area contributed by atoms with Gasteiger partial charge in [0.05, 0.1) is 33.6 Å². The lowest BCUT2D eigenvalue weighted by Crippen LogP contribution is -2.41. The summed E-state index contributed by atoms with van der Waals surface area (Å²) in [6, 6.07) is 0. The Morgan fingerprint density at radius 3 is 2.15 bits per heavy atom. The number of hydrogen-bond acceptors (Lipinski definition) is 2. The van der Waals surface area contributed by atoms with Crippen LogP contribution in [0.4, 0.5) is 0 Å². The molecule has 0 bridgehead atoms. The number of carbonyl (C=O) groups is 2. The van der Waals surface area contributed by atoms with Crippen LogP contribution >= 0.6 is 0 Å². The summed E-state index contributed by atoms with van der Waals surface area (Å²) in [6.07, 6.45) is 1.65. The van der Waals surface area contributed by atoms with Crippen LogP contribution in [0.15, 0.2) is 0 Å². The first kappa shape index (κ1) is 18.9. The summed E-state index contributed by atoms with van der Waals surface area (Å²) in [5.41, 5.74) is 0. The van der Waals surface area contributed by atoms with E-state index in [1.165, 1.54) is 0 Å². The lowest BCUT2D eigenvalue weighted by molar-refractivity contribution is -0.870. The lowest BCUT2D eigenvalue weighted by atomic mass is 9.81. The zero-order valence-corrected chi connectivity index (χ0v) is 13.8. The van der Waals surface area contributed by atoms with Crippen LogP contribution in [0.1, 0.15) is 33.6 Å². The second-order valence-corrected chi connectivity index (χ2v) is 6.70. The first-order valence-corrected chi connectivity index (χ1v) is 7.41. The summed E-state index contributed by atoms with van der Waals surface area (Å²) in [7, 11) is 6.31. The second kappa shape index (κ2) is 8.25. The van der Waals surface area contributed by atoms with Crippen LogP contribution in [-0.4, -0.2) is 55.7 Å². The van der Waals surface area contributed by atoms with Crippen molar-refractivity contribution in [1.29, 1.82) is 0 Å². The first-order chi connectivity index (χ1) is 9.10. The molecule has 0 rings (SSSR count). The predicted octanol–water partition coefficient (Wildman–Crippen LogP) is 1.58. The number of carbonyl (C=O) groups excluding carboxylic acids is 1. The summed E-state index contributed by atoms with van der Waals surface area (Å²) in [5.74, 6) is -2.14. The van der Waals surface area contributed by atoms with Crippen molar-refractivity contribution < 1.29 is 19.2 Å². The van der Waals surface area contributed by atoms with Gasteiger partial charge in [0.15, 0.2) is 0 Å². The fraction of sp³-hybridized carbons (Fsp3) is 0.867. The minimum absolute atomic E-state index is 0.000471. The molecule has 1 amide bonds. The number of amides is 1. The molecule has 3 unspecified atom stereocenters. The Bertz CT molecular complexity index is 324. The van der Waals surface area contributed by atoms with Gasteiger partial charge in [-0.2, -0.15) is 0 Å². The molecule has 0 aromatic rings. The summed E-state index contributed by atoms with van der Waals surface area (Å²) >= 11 is 0. The minimum atomic E-state index is -0.881. The Hall–Kier alpha value is -1.10. The average Bonchev–Trinajstić information content (AvgIpc) is 2.32. The van der Waals surface area contributed by atoms with Crippen molar-refractivity contribution in [2.45, 2.75) is 33.6 Å². The normalized spacial score (nSPS) is 16.3. The maximum atomic E-state index is 12.1. The molecular weight excluding hydrogens is 256 g/mol. The van der Waals surface area contributed by atoms with Crippen LogP contribution in [0, 0.1) is 17.8 Å². The molecule has 3 atom stereocenters. The molecule has 0 aliphatic carbocycles. The van der Waals surface area contributed by atoms with Crippen LogP contribution in [0.2, 0.25) is 0 Å². The smallest absolute Gasteiger partial charge is 0.307 e. The molecule has 0 aliphatic rings. The summed E-state index contributed by atoms with van der Waals surface area (Å²) in [4.78, 5) is 23.4. The Balaban J connectivity index is 4.34. The van der Waals surface area contributed by atoms with Crippen molar-refractivity contribution in [3.8, 4) is 0 Å². The molecule has 0 aliphatic heterocycles. The maximum Gasteiger partial charge on any atom is 0.307 e. The Morgan fingerprint density at radius 2 is 1.75 bits per heavy atom. The van der Waals surface area contributed by atoms with E-state index in [-0.39, 0.29) is 11.8 Å². The van der Waals surface area contributed by atoms with Crippen LogP contribution in [0.25, 0.3) is 0 Å². The van der Waals surface area contributed by atoms with Crippen molar-refractivity contribution in [1.82, 2.24) is 5.32 Å². The molecule has 0 fully saturated rings. The van der Waals surface area contributed by atoms with Gasteiger partial charge in [0.2, 0.25) is 5.91 Å². The molecule has 118 valence electrons. The average molecular weight is 287 g/mol. The number of carboxylic acids is 1. The van der Waals surface area contributed by atoms with Gasteiger partial charge in [-0.05, 0) is 5.92 Å². The standard InChI is InChI=1S/C15H30N2O3/c1-7-11(2)13(15(19)20)12(3)14(18)16-9-8-10-17(4,5)6/h11-13H,7-10H2,1-6H3,(H-,16,18,19,20)/p+1. The molecule has 5 nitrogen and oxygen atoms in total. The number of nitrogens with zero attached hydrogens (tertiary/aromatic N) is 1. The highest BCUT2D eigenvalue weighted by molar-refractivity contribution is 5.84. The molecule has 0 aromatic carbocycles. The number of quaternary nitrogens is 1. The maximum absolute atomic E-state index is 12.1. The quantitative estimate of drug-likeness (QED) is 0.500. The summed E-state index contributed by atoms with van der Waals surface area (Å²) in [5, 5.41) is 12.1. The molecule has 0 saturated heterocycles. The van der Waals surface area contributed by atoms with Crippen LogP contribution in [0.5, 0.6) is 0 Å². The van der Waals surface area contributed by atoms with E-state index < -0.39 is 17.8 Å². The zero-order chi connectivity index (χ0) is 15.9. The number of hydrogen-bond donors (Lipinski definition) is 2. The van der Waals surface area contributed by atoms with Gasteiger partial charge in [0, 0.05) is 18.9 Å². The molecule has 0 radical (unpaired) electrons. The highest BCUT2D eigenvalue weighted by Gasteiger charge is 2.33. The van der Waals surface area contributed by atoms with Crippen molar-refractivity contribution >= 4 is 11.9 Å². The highest BCUT2D eigenvalue weighted by Crippen LogP contribution is 2.24. The molecule has 0 aromatic heterocycles. The third-order valence-electron chi connectivity index (χ3n) is 3.80. The zero-order valence-electron chi connectivity index (χ0n) is 13.8. The second-order valence-electron chi connectivity index (χ2n) is 6.70. The number of nitrogens with one attached hydrogen (secondary N) is 1. The van der Waals surface area contributed by atoms with E-state index in [1.54, 1.807) is 6.92 Å². The van der Waals surface area contributed by atoms with E-state index in [1.807, 2.05) is 13.8 Å². The molecule has 0 saturated carbocycles. The van der Waals surface area contributed by atoms with Crippen molar-refractivity contribution in [2.24, 2.45) is 17.8 Å². The van der Waals surface area contributed by atoms with Crippen molar-refractivity contribution in [2.75, 3.05) is 34.2 Å². The van der Waals surface area contributed by atoms with Gasteiger partial charge in [-0.1, -0.05) is 27.2 Å². The van der Waals surface area contributed by atoms with E-state index in [0.717, 1.165) is 23.9 Å². The molecule has 5 heteroatoms. The fourth-order valence-electron chi connectivity index (χ4n) is 2.29. The number of carboxylic acid groups (broad SMARTS) is 1. The van der Waals surface area contributed by atoms with Gasteiger partial charge in [-0.15, -0.1) is 0 Å². The Morgan fingerprint density at radius 1 is 1.20 bits per heavy atom. The van der Waals surface area contributed by atoms with E-state index in [0.29, 0.717) is 6.54 Å². The van der Waals surface area contributed by atoms with Gasteiger partial charge in [0.1, 0.15) is 0 Å². The SMILES string of the molecule is CCC(C)C(C(=O)O)C(C)C(=O)NCCC[N+](C)(C)C. The van der Waals surface area contributed by atoms with Crippen LogP contribution < -0.4 is 5.32 Å². The summed E-state index contributed by atoms with van der Waals surface area (Å²) < 4.78 is 0.857. The highest BCUT2D eigenvalue weighted by atomic mass is 16.4. The molecule has 0 spiro atoms. The molecule has 2 N–H and O–H groups in total. The Kier molecular flexibility index (Phi) is 7.79. The van der Waals surface area contributed by atoms with Crippen molar-refractivity contribution in [3.63, 3.8) is 0 Å². The molecule has 0 heterocycles. The third kappa shape index (κ3) is 6.89. The third-order valence-corrected chi connectivity index (χ3v) is 3.80. The Labute approximate surface area is 122 Å². The lowest BCUT2D eigenvalue weighted by Gasteiger charge is -2.25. The number of rotatable bonds is 9. The van der Waals surface area contributed by atoms with Crippen molar-refractivity contribution in [3.05, 3.63) is 0 Å². The predicted molar refractivity (Wildman–Crippen MR) is 80.3 cm³/mol. The fourth-order valence-corrected chi connectivity index (χ4v) is 2.29. The minimum Gasteiger partial charge on any atom is -0.481 e. The van der Waals surface area contributed by atoms with Gasteiger partial charge in [-0.25, -0.2) is 0 Å². The van der Waals surface area contributed by atoms with E-state index >= 15 is 0 Å². The monoisotopic (exact) mass is 287 g/mol. The summed E-state index contributed by atoms with van der Waals surface area (Å²) in [6.45, 7) is 7.13. The molecular formula is C15H31N2O3+. The van der Waals surface area contributed by atoms with Crippen LogP contribution in [0.3, 0.4) is 0 Å². The molecule has 20 heavy (non-hydrogen) atoms. The van der Waals surface area contributed by atoms with E-state index in [4.69, 9.17) is 0 Å². The van der Waals surface area contributed by atoms with Gasteiger partial charge >= 0.3 is 5.97 Å². The van der Waals surface area contributed by atoms with Crippen LogP contribution in [-0.2, 0) is 9.59 Å². The topological polar surface area (TPSA) is 66.4 Å². The van der Waals surface area contributed by atoms with Gasteiger partial charge in [-0.3, -0.25) is 9.59 Å². The van der Waals surface area contributed by atoms with E-state index in [2.05, 4.69) is 26.5 Å². The largest absolute Gasteiger partial charge is 0.481 e. The van der Waals surface area contributed by atoms with Gasteiger partial charge < -0.3 is 14.9 Å². The first-order valence-electron chi connectivity index (χ1n) is 7.41. The van der Waals surface area contributed by atoms with E-state index in [9.17, 15) is 14.7 Å². The number of aliphatic carboxylic acids is 1. The van der Waals surface area contributed by atoms with Gasteiger partial charge in [0.25, 0.3) is 0 Å².